The minimum absolute atomic E-state index is 0.267. The summed E-state index contributed by atoms with van der Waals surface area (Å²) in [6.45, 7) is 2.57. The number of benzene rings is 2. The molecule has 0 saturated carbocycles. The Hall–Kier alpha value is -2.55. The summed E-state index contributed by atoms with van der Waals surface area (Å²) in [5, 5.41) is 10.2. The van der Waals surface area contributed by atoms with Crippen molar-refractivity contribution in [1.82, 2.24) is 9.80 Å². The van der Waals surface area contributed by atoms with Crippen LogP contribution in [-0.4, -0.2) is 42.1 Å². The van der Waals surface area contributed by atoms with Gasteiger partial charge in [-0.15, -0.1) is 0 Å². The van der Waals surface area contributed by atoms with Crippen LogP contribution in [0.5, 0.6) is 0 Å². The van der Waals surface area contributed by atoms with Gasteiger partial charge >= 0.3 is 6.09 Å². The Morgan fingerprint density at radius 1 is 1.12 bits per heavy atom. The number of nitrogens with zero attached hydrogens (tertiary/aromatic N) is 3. The molecule has 0 aromatic heterocycles. The standard InChI is InChI=1S/C20H20ClN3O2/c21-18-8-4-7-17(13-18)19(14-22)23-9-11-24(12-10-23)20(25)26-15-16-5-2-1-3-6-16/h1-8,13,19H,9-12,15H2. The summed E-state index contributed by atoms with van der Waals surface area (Å²) < 4.78 is 5.38. The van der Waals surface area contributed by atoms with E-state index in [1.165, 1.54) is 0 Å². The molecule has 2 aromatic carbocycles. The lowest BCUT2D eigenvalue weighted by atomic mass is 10.1. The number of halogens is 1. The molecule has 0 N–H and O–H groups in total. The van der Waals surface area contributed by atoms with Gasteiger partial charge in [-0.05, 0) is 23.3 Å². The van der Waals surface area contributed by atoms with E-state index >= 15 is 0 Å². The van der Waals surface area contributed by atoms with Crippen LogP contribution in [0, 0.1) is 11.3 Å². The summed E-state index contributed by atoms with van der Waals surface area (Å²) >= 11 is 6.04. The van der Waals surface area contributed by atoms with Gasteiger partial charge in [0.25, 0.3) is 0 Å². The lowest BCUT2D eigenvalue weighted by Gasteiger charge is -2.36. The van der Waals surface area contributed by atoms with Gasteiger partial charge < -0.3 is 9.64 Å². The molecule has 2 aromatic rings. The summed E-state index contributed by atoms with van der Waals surface area (Å²) in [5.74, 6) is 0. The SMILES string of the molecule is N#CC(c1cccc(Cl)c1)N1CCN(C(=O)OCc2ccccc2)CC1. The molecule has 1 heterocycles. The largest absolute Gasteiger partial charge is 0.445 e. The number of ether oxygens (including phenoxy) is 1. The third kappa shape index (κ3) is 4.54. The van der Waals surface area contributed by atoms with Crippen LogP contribution < -0.4 is 0 Å². The average Bonchev–Trinajstić information content (AvgIpc) is 2.68. The van der Waals surface area contributed by atoms with Gasteiger partial charge in [-0.1, -0.05) is 54.1 Å². The molecule has 6 heteroatoms. The van der Waals surface area contributed by atoms with E-state index in [1.807, 2.05) is 48.5 Å². The highest BCUT2D eigenvalue weighted by atomic mass is 35.5. The van der Waals surface area contributed by atoms with Crippen LogP contribution >= 0.6 is 11.6 Å². The molecular formula is C20H20ClN3O2. The van der Waals surface area contributed by atoms with Crippen molar-refractivity contribution in [2.24, 2.45) is 0 Å². The molecule has 1 saturated heterocycles. The molecule has 1 aliphatic rings. The molecule has 0 spiro atoms. The van der Waals surface area contributed by atoms with Crippen molar-refractivity contribution in [1.29, 1.82) is 5.26 Å². The number of hydrogen-bond donors (Lipinski definition) is 0. The van der Waals surface area contributed by atoms with Crippen LogP contribution in [0.4, 0.5) is 4.79 Å². The number of amides is 1. The number of carbonyl (C=O) groups is 1. The second-order valence-electron chi connectivity index (χ2n) is 6.15. The molecule has 1 unspecified atom stereocenters. The maximum atomic E-state index is 12.2. The van der Waals surface area contributed by atoms with Gasteiger partial charge in [0, 0.05) is 31.2 Å². The molecule has 5 nitrogen and oxygen atoms in total. The van der Waals surface area contributed by atoms with Crippen molar-refractivity contribution in [3.63, 3.8) is 0 Å². The molecule has 0 aliphatic carbocycles. The maximum absolute atomic E-state index is 12.2. The van der Waals surface area contributed by atoms with Crippen LogP contribution in [0.2, 0.25) is 5.02 Å². The van der Waals surface area contributed by atoms with Crippen LogP contribution in [0.15, 0.2) is 54.6 Å². The molecule has 1 fully saturated rings. The second-order valence-corrected chi connectivity index (χ2v) is 6.59. The van der Waals surface area contributed by atoms with E-state index in [0.717, 1.165) is 11.1 Å². The molecular weight excluding hydrogens is 350 g/mol. The van der Waals surface area contributed by atoms with E-state index in [4.69, 9.17) is 16.3 Å². The lowest BCUT2D eigenvalue weighted by Crippen LogP contribution is -2.49. The minimum atomic E-state index is -0.365. The highest BCUT2D eigenvalue weighted by Gasteiger charge is 2.27. The molecule has 1 aliphatic heterocycles. The Morgan fingerprint density at radius 3 is 2.50 bits per heavy atom. The highest BCUT2D eigenvalue weighted by molar-refractivity contribution is 6.30. The van der Waals surface area contributed by atoms with E-state index in [0.29, 0.717) is 31.2 Å². The van der Waals surface area contributed by atoms with Gasteiger partial charge in [-0.3, -0.25) is 4.90 Å². The monoisotopic (exact) mass is 369 g/mol. The Labute approximate surface area is 158 Å². The van der Waals surface area contributed by atoms with Crippen molar-refractivity contribution in [3.05, 3.63) is 70.7 Å². The normalized spacial score (nSPS) is 15.9. The van der Waals surface area contributed by atoms with Crippen LogP contribution in [0.1, 0.15) is 17.2 Å². The Balaban J connectivity index is 1.53. The first-order valence-corrected chi connectivity index (χ1v) is 8.90. The zero-order valence-electron chi connectivity index (χ0n) is 14.3. The Kier molecular flexibility index (Phi) is 6.11. The Morgan fingerprint density at radius 2 is 1.85 bits per heavy atom. The first kappa shape index (κ1) is 18.2. The number of hydrogen-bond acceptors (Lipinski definition) is 4. The third-order valence-corrected chi connectivity index (χ3v) is 4.66. The quantitative estimate of drug-likeness (QED) is 0.821. The third-order valence-electron chi connectivity index (χ3n) is 4.43. The van der Waals surface area contributed by atoms with E-state index in [1.54, 1.807) is 11.0 Å². The van der Waals surface area contributed by atoms with Crippen LogP contribution in [0.25, 0.3) is 0 Å². The minimum Gasteiger partial charge on any atom is -0.445 e. The van der Waals surface area contributed by atoms with Gasteiger partial charge in [-0.25, -0.2) is 4.79 Å². The van der Waals surface area contributed by atoms with Gasteiger partial charge in [0.15, 0.2) is 0 Å². The fraction of sp³-hybridized carbons (Fsp3) is 0.300. The molecule has 134 valence electrons. The summed E-state index contributed by atoms with van der Waals surface area (Å²) in [6, 6.07) is 18.9. The van der Waals surface area contributed by atoms with Gasteiger partial charge in [0.2, 0.25) is 0 Å². The molecule has 26 heavy (non-hydrogen) atoms. The smallest absolute Gasteiger partial charge is 0.410 e. The number of nitriles is 1. The van der Waals surface area contributed by atoms with Crippen molar-refractivity contribution in [2.75, 3.05) is 26.2 Å². The predicted octanol–water partition coefficient (Wildman–Crippen LogP) is 3.86. The molecule has 0 radical (unpaired) electrons. The fourth-order valence-electron chi connectivity index (χ4n) is 3.02. The summed E-state index contributed by atoms with van der Waals surface area (Å²) in [5.41, 5.74) is 1.84. The average molecular weight is 370 g/mol. The van der Waals surface area contributed by atoms with Gasteiger partial charge in [0.05, 0.1) is 6.07 Å². The summed E-state index contributed by atoms with van der Waals surface area (Å²) in [6.07, 6.45) is -0.315. The summed E-state index contributed by atoms with van der Waals surface area (Å²) in [7, 11) is 0. The predicted molar refractivity (Wildman–Crippen MR) is 99.6 cm³/mol. The number of carbonyl (C=O) groups excluding carboxylic acids is 1. The second kappa shape index (κ2) is 8.70. The summed E-state index contributed by atoms with van der Waals surface area (Å²) in [4.78, 5) is 16.0. The lowest BCUT2D eigenvalue weighted by molar-refractivity contribution is 0.0661. The van der Waals surface area contributed by atoms with Crippen molar-refractivity contribution in [2.45, 2.75) is 12.6 Å². The molecule has 1 atom stereocenters. The number of rotatable bonds is 4. The van der Waals surface area contributed by atoms with Crippen LogP contribution in [0.3, 0.4) is 0 Å². The maximum Gasteiger partial charge on any atom is 0.410 e. The van der Waals surface area contributed by atoms with E-state index in [2.05, 4.69) is 11.0 Å². The van der Waals surface area contributed by atoms with Crippen molar-refractivity contribution in [3.8, 4) is 6.07 Å². The van der Waals surface area contributed by atoms with E-state index in [-0.39, 0.29) is 18.7 Å². The molecule has 3 rings (SSSR count). The first-order valence-electron chi connectivity index (χ1n) is 8.52. The molecule has 1 amide bonds. The zero-order valence-corrected chi connectivity index (χ0v) is 15.1. The van der Waals surface area contributed by atoms with Crippen molar-refractivity contribution < 1.29 is 9.53 Å². The first-order chi connectivity index (χ1) is 12.7. The van der Waals surface area contributed by atoms with Gasteiger partial charge in [-0.2, -0.15) is 5.26 Å². The fourth-order valence-corrected chi connectivity index (χ4v) is 3.22. The van der Waals surface area contributed by atoms with Gasteiger partial charge in [0.1, 0.15) is 12.6 Å². The van der Waals surface area contributed by atoms with Crippen molar-refractivity contribution >= 4 is 17.7 Å². The van der Waals surface area contributed by atoms with E-state index < -0.39 is 0 Å². The Bertz CT molecular complexity index is 783. The zero-order chi connectivity index (χ0) is 18.4. The number of piperazine rings is 1. The highest BCUT2D eigenvalue weighted by Crippen LogP contribution is 2.24. The molecule has 0 bridgehead atoms. The topological polar surface area (TPSA) is 56.6 Å². The van der Waals surface area contributed by atoms with E-state index in [9.17, 15) is 10.1 Å². The van der Waals surface area contributed by atoms with Crippen LogP contribution in [-0.2, 0) is 11.3 Å².